The van der Waals surface area contributed by atoms with Gasteiger partial charge in [-0.25, -0.2) is 0 Å². The van der Waals surface area contributed by atoms with Crippen LogP contribution < -0.4 is 0 Å². The molecule has 1 rings (SSSR count). The topological polar surface area (TPSA) is 38.8 Å². The summed E-state index contributed by atoms with van der Waals surface area (Å²) in [4.78, 5) is 11.7. The van der Waals surface area contributed by atoms with E-state index < -0.39 is 0 Å². The second kappa shape index (κ2) is 14.7. The molecule has 0 saturated carbocycles. The summed E-state index contributed by atoms with van der Waals surface area (Å²) in [5.74, 6) is -0.0441. The van der Waals surface area contributed by atoms with Crippen molar-refractivity contribution in [2.75, 3.05) is 6.61 Å². The molecular formula is C21H40O3. The Labute approximate surface area is 149 Å². The summed E-state index contributed by atoms with van der Waals surface area (Å²) in [6.07, 6.45) is 18.6. The van der Waals surface area contributed by atoms with Crippen molar-refractivity contribution in [1.82, 2.24) is 0 Å². The van der Waals surface area contributed by atoms with E-state index in [1.54, 1.807) is 0 Å². The molecule has 24 heavy (non-hydrogen) atoms. The quantitative estimate of drug-likeness (QED) is 0.180. The third-order valence-electron chi connectivity index (χ3n) is 4.92. The van der Waals surface area contributed by atoms with Gasteiger partial charge in [0.15, 0.2) is 0 Å². The Morgan fingerprint density at radius 1 is 0.750 bits per heavy atom. The molecule has 1 saturated heterocycles. The molecule has 3 nitrogen and oxygen atoms in total. The fourth-order valence-electron chi connectivity index (χ4n) is 3.21. The molecule has 0 bridgehead atoms. The number of ether oxygens (including phenoxy) is 2. The number of esters is 1. The highest BCUT2D eigenvalue weighted by atomic mass is 16.6. The van der Waals surface area contributed by atoms with Crippen LogP contribution in [0.4, 0.5) is 0 Å². The second-order valence-corrected chi connectivity index (χ2v) is 7.30. The van der Waals surface area contributed by atoms with E-state index in [1.807, 2.05) is 0 Å². The first-order chi connectivity index (χ1) is 11.8. The first-order valence-corrected chi connectivity index (χ1v) is 10.6. The molecule has 0 aromatic carbocycles. The molecular weight excluding hydrogens is 300 g/mol. The zero-order chi connectivity index (χ0) is 17.5. The number of hydrogen-bond donors (Lipinski definition) is 0. The Balaban J connectivity index is 1.83. The van der Waals surface area contributed by atoms with Gasteiger partial charge in [0.25, 0.3) is 0 Å². The molecule has 0 aromatic rings. The molecule has 0 aromatic heterocycles. The summed E-state index contributed by atoms with van der Waals surface area (Å²) in [6.45, 7) is 5.07. The van der Waals surface area contributed by atoms with E-state index in [-0.39, 0.29) is 5.97 Å². The molecule has 1 heterocycles. The average molecular weight is 341 g/mol. The highest BCUT2D eigenvalue weighted by molar-refractivity contribution is 5.69. The normalized spacial score (nSPS) is 19.4. The highest BCUT2D eigenvalue weighted by Gasteiger charge is 2.37. The number of unbranched alkanes of at least 4 members (excludes halogenated alkanes) is 10. The summed E-state index contributed by atoms with van der Waals surface area (Å²) < 4.78 is 11.0. The van der Waals surface area contributed by atoms with Crippen molar-refractivity contribution in [3.8, 4) is 0 Å². The summed E-state index contributed by atoms with van der Waals surface area (Å²) >= 11 is 0. The van der Waals surface area contributed by atoms with Crippen LogP contribution in [0.1, 0.15) is 110 Å². The van der Waals surface area contributed by atoms with E-state index in [2.05, 4.69) is 13.8 Å². The van der Waals surface area contributed by atoms with Crippen LogP contribution in [0, 0.1) is 0 Å². The van der Waals surface area contributed by atoms with Crippen molar-refractivity contribution in [3.05, 3.63) is 0 Å². The van der Waals surface area contributed by atoms with Crippen molar-refractivity contribution in [2.24, 2.45) is 0 Å². The lowest BCUT2D eigenvalue weighted by Gasteiger charge is -2.04. The van der Waals surface area contributed by atoms with Crippen molar-refractivity contribution < 1.29 is 14.3 Å². The maximum absolute atomic E-state index is 11.7. The Morgan fingerprint density at radius 3 is 1.96 bits per heavy atom. The lowest BCUT2D eigenvalue weighted by atomic mass is 10.1. The van der Waals surface area contributed by atoms with E-state index >= 15 is 0 Å². The molecule has 1 fully saturated rings. The minimum atomic E-state index is -0.0441. The third-order valence-corrected chi connectivity index (χ3v) is 4.92. The first-order valence-electron chi connectivity index (χ1n) is 10.6. The van der Waals surface area contributed by atoms with Gasteiger partial charge in [-0.3, -0.25) is 4.79 Å². The Hall–Kier alpha value is -0.570. The summed E-state index contributed by atoms with van der Waals surface area (Å²) in [5.41, 5.74) is 0. The van der Waals surface area contributed by atoms with E-state index in [1.165, 1.54) is 77.0 Å². The maximum atomic E-state index is 11.7. The minimum Gasteiger partial charge on any atom is -0.466 e. The largest absolute Gasteiger partial charge is 0.466 e. The van der Waals surface area contributed by atoms with Crippen molar-refractivity contribution in [3.63, 3.8) is 0 Å². The summed E-state index contributed by atoms with van der Waals surface area (Å²) in [6, 6.07) is 0. The number of carbonyl (C=O) groups is 1. The van der Waals surface area contributed by atoms with Gasteiger partial charge < -0.3 is 9.47 Å². The van der Waals surface area contributed by atoms with Gasteiger partial charge in [-0.05, 0) is 19.3 Å². The van der Waals surface area contributed by atoms with Crippen LogP contribution in [0.15, 0.2) is 0 Å². The molecule has 142 valence electrons. The number of rotatable bonds is 17. The lowest BCUT2D eigenvalue weighted by Crippen LogP contribution is -2.07. The van der Waals surface area contributed by atoms with Gasteiger partial charge >= 0.3 is 5.97 Å². The Bertz CT molecular complexity index is 303. The van der Waals surface area contributed by atoms with Crippen molar-refractivity contribution >= 4 is 5.97 Å². The SMILES string of the molecule is CCCCCCCCOC(=O)CCC1OC1CCCCCCCC. The molecule has 2 atom stereocenters. The van der Waals surface area contributed by atoms with Gasteiger partial charge in [-0.2, -0.15) is 0 Å². The van der Waals surface area contributed by atoms with Crippen LogP contribution in [0.5, 0.6) is 0 Å². The number of hydrogen-bond acceptors (Lipinski definition) is 3. The fourth-order valence-corrected chi connectivity index (χ4v) is 3.21. The minimum absolute atomic E-state index is 0.0441. The van der Waals surface area contributed by atoms with Gasteiger partial charge in [-0.1, -0.05) is 84.5 Å². The van der Waals surface area contributed by atoms with E-state index in [0.29, 0.717) is 25.2 Å². The van der Waals surface area contributed by atoms with Crippen LogP contribution in [-0.2, 0) is 14.3 Å². The molecule has 1 aliphatic rings. The first kappa shape index (κ1) is 21.5. The van der Waals surface area contributed by atoms with Crippen LogP contribution in [0.25, 0.3) is 0 Å². The predicted octanol–water partition coefficient (Wildman–Crippen LogP) is 6.19. The molecule has 0 spiro atoms. The van der Waals surface area contributed by atoms with Crippen LogP contribution in [0.3, 0.4) is 0 Å². The molecule has 3 heteroatoms. The maximum Gasteiger partial charge on any atom is 0.305 e. The van der Waals surface area contributed by atoms with Crippen LogP contribution >= 0.6 is 0 Å². The predicted molar refractivity (Wildman–Crippen MR) is 100 cm³/mol. The van der Waals surface area contributed by atoms with E-state index in [0.717, 1.165) is 12.8 Å². The zero-order valence-corrected chi connectivity index (χ0v) is 16.2. The fraction of sp³-hybridized carbons (Fsp3) is 0.952. The summed E-state index contributed by atoms with van der Waals surface area (Å²) in [5, 5.41) is 0. The third kappa shape index (κ3) is 11.9. The average Bonchev–Trinajstić information content (AvgIpc) is 3.34. The van der Waals surface area contributed by atoms with Gasteiger partial charge in [-0.15, -0.1) is 0 Å². The van der Waals surface area contributed by atoms with Gasteiger partial charge in [0.1, 0.15) is 0 Å². The van der Waals surface area contributed by atoms with Gasteiger partial charge in [0.2, 0.25) is 0 Å². The Kier molecular flexibility index (Phi) is 13.2. The standard InChI is InChI=1S/C21H40O3/c1-3-5-7-9-11-13-15-19-20(24-19)16-17-21(22)23-18-14-12-10-8-6-4-2/h19-20H,3-18H2,1-2H3. The highest BCUT2D eigenvalue weighted by Crippen LogP contribution is 2.31. The van der Waals surface area contributed by atoms with Crippen LogP contribution in [-0.4, -0.2) is 24.8 Å². The summed E-state index contributed by atoms with van der Waals surface area (Å²) in [7, 11) is 0. The number of carbonyl (C=O) groups excluding carboxylic acids is 1. The molecule has 0 N–H and O–H groups in total. The van der Waals surface area contributed by atoms with Crippen molar-refractivity contribution in [1.29, 1.82) is 0 Å². The van der Waals surface area contributed by atoms with E-state index in [9.17, 15) is 4.79 Å². The second-order valence-electron chi connectivity index (χ2n) is 7.30. The monoisotopic (exact) mass is 340 g/mol. The van der Waals surface area contributed by atoms with E-state index in [4.69, 9.17) is 9.47 Å². The smallest absolute Gasteiger partial charge is 0.305 e. The molecule has 2 unspecified atom stereocenters. The number of epoxide rings is 1. The molecule has 0 radical (unpaired) electrons. The molecule has 1 aliphatic heterocycles. The lowest BCUT2D eigenvalue weighted by molar-refractivity contribution is -0.144. The van der Waals surface area contributed by atoms with Crippen LogP contribution in [0.2, 0.25) is 0 Å². The molecule has 0 amide bonds. The van der Waals surface area contributed by atoms with Gasteiger partial charge in [0.05, 0.1) is 18.8 Å². The van der Waals surface area contributed by atoms with Crippen molar-refractivity contribution in [2.45, 2.75) is 122 Å². The Morgan fingerprint density at radius 2 is 1.29 bits per heavy atom. The van der Waals surface area contributed by atoms with Gasteiger partial charge in [0, 0.05) is 6.42 Å². The molecule has 0 aliphatic carbocycles. The zero-order valence-electron chi connectivity index (χ0n) is 16.2.